The summed E-state index contributed by atoms with van der Waals surface area (Å²) in [4.78, 5) is 0. The number of rotatable bonds is 0. The summed E-state index contributed by atoms with van der Waals surface area (Å²) in [5.74, 6) is 0.829. The zero-order chi connectivity index (χ0) is 5.98. The summed E-state index contributed by atoms with van der Waals surface area (Å²) in [5.41, 5.74) is 5.59. The van der Waals surface area contributed by atoms with E-state index in [0.29, 0.717) is 0 Å². The summed E-state index contributed by atoms with van der Waals surface area (Å²) in [6, 6.07) is 0. The minimum Gasteiger partial charge on any atom is -0.316 e. The molecule has 0 aromatic heterocycles. The van der Waals surface area contributed by atoms with Gasteiger partial charge in [0.2, 0.25) is 0 Å². The van der Waals surface area contributed by atoms with E-state index in [1.54, 1.807) is 0 Å². The highest BCUT2D eigenvalue weighted by atomic mass is 15.0. The molecule has 0 amide bonds. The minimum absolute atomic E-state index is 0.270. The van der Waals surface area contributed by atoms with Gasteiger partial charge in [-0.3, -0.25) is 0 Å². The molecule has 1 aliphatic heterocycles. The van der Waals surface area contributed by atoms with Gasteiger partial charge in [-0.05, 0) is 25.3 Å². The molecule has 3 N–H and O–H groups in total. The molecule has 0 aliphatic carbocycles. The van der Waals surface area contributed by atoms with Gasteiger partial charge >= 0.3 is 0 Å². The molecule has 1 saturated heterocycles. The van der Waals surface area contributed by atoms with Crippen molar-refractivity contribution in [2.75, 3.05) is 6.54 Å². The zero-order valence-electron chi connectivity index (χ0n) is 5.35. The number of nitrogens with two attached hydrogens (primary N) is 1. The normalized spacial score (nSPS) is 39.8. The van der Waals surface area contributed by atoms with Crippen molar-refractivity contribution in [2.45, 2.75) is 25.9 Å². The maximum atomic E-state index is 5.59. The Hall–Kier alpha value is -0.0800. The lowest BCUT2D eigenvalue weighted by atomic mass is 10.0. The highest BCUT2D eigenvalue weighted by Crippen LogP contribution is 2.09. The van der Waals surface area contributed by atoms with E-state index >= 15 is 0 Å². The van der Waals surface area contributed by atoms with E-state index in [1.807, 2.05) is 0 Å². The van der Waals surface area contributed by atoms with Gasteiger partial charge in [0.25, 0.3) is 0 Å². The van der Waals surface area contributed by atoms with Crippen LogP contribution in [0.15, 0.2) is 0 Å². The van der Waals surface area contributed by atoms with E-state index in [1.165, 1.54) is 6.42 Å². The van der Waals surface area contributed by atoms with Gasteiger partial charge < -0.3 is 11.1 Å². The second kappa shape index (κ2) is 2.46. The summed E-state index contributed by atoms with van der Waals surface area (Å²) in [7, 11) is 0. The molecule has 0 aromatic carbocycles. The quantitative estimate of drug-likeness (QED) is 0.475. The molecule has 0 radical (unpaired) electrons. The first-order valence-electron chi connectivity index (χ1n) is 3.28. The van der Waals surface area contributed by atoms with Crippen molar-refractivity contribution in [2.24, 2.45) is 11.7 Å². The molecule has 0 bridgehead atoms. The smallest absolute Gasteiger partial charge is 0.0546 e. The molecule has 2 heteroatoms. The van der Waals surface area contributed by atoms with Crippen LogP contribution in [0.3, 0.4) is 0 Å². The maximum absolute atomic E-state index is 5.59. The van der Waals surface area contributed by atoms with Crippen LogP contribution in [0.25, 0.3) is 0 Å². The fourth-order valence-electron chi connectivity index (χ4n) is 1.02. The molecule has 1 fully saturated rings. The molecule has 1 aliphatic rings. The number of nitrogens with one attached hydrogen (secondary N) is 1. The van der Waals surface area contributed by atoms with Crippen LogP contribution < -0.4 is 11.1 Å². The van der Waals surface area contributed by atoms with E-state index in [9.17, 15) is 0 Å². The monoisotopic (exact) mass is 114 g/mol. The van der Waals surface area contributed by atoms with Crippen LogP contribution in [0.4, 0.5) is 0 Å². The highest BCUT2D eigenvalue weighted by molar-refractivity contribution is 4.70. The minimum atomic E-state index is 0.270. The maximum Gasteiger partial charge on any atom is 0.0546 e. The van der Waals surface area contributed by atoms with E-state index in [-0.39, 0.29) is 6.17 Å². The van der Waals surface area contributed by atoms with Gasteiger partial charge in [-0.2, -0.15) is 0 Å². The van der Waals surface area contributed by atoms with E-state index in [4.69, 9.17) is 5.73 Å². The first-order valence-corrected chi connectivity index (χ1v) is 3.28. The molecule has 2 unspecified atom stereocenters. The predicted molar refractivity (Wildman–Crippen MR) is 34.4 cm³/mol. The lowest BCUT2D eigenvalue weighted by molar-refractivity contribution is 0.333. The van der Waals surface area contributed by atoms with Crippen molar-refractivity contribution < 1.29 is 0 Å². The van der Waals surface area contributed by atoms with Crippen molar-refractivity contribution >= 4 is 0 Å². The van der Waals surface area contributed by atoms with E-state index < -0.39 is 0 Å². The average molecular weight is 114 g/mol. The Balaban J connectivity index is 2.19. The van der Waals surface area contributed by atoms with Crippen LogP contribution in [0.5, 0.6) is 0 Å². The number of piperidine rings is 1. The number of hydrogen-bond donors (Lipinski definition) is 2. The Morgan fingerprint density at radius 1 is 1.50 bits per heavy atom. The van der Waals surface area contributed by atoms with E-state index in [0.717, 1.165) is 18.9 Å². The lowest BCUT2D eigenvalue weighted by Crippen LogP contribution is -2.43. The molecule has 8 heavy (non-hydrogen) atoms. The van der Waals surface area contributed by atoms with Gasteiger partial charge in [0.05, 0.1) is 6.17 Å². The largest absolute Gasteiger partial charge is 0.316 e. The third kappa shape index (κ3) is 1.46. The fourth-order valence-corrected chi connectivity index (χ4v) is 1.02. The lowest BCUT2D eigenvalue weighted by Gasteiger charge is -2.24. The van der Waals surface area contributed by atoms with Crippen molar-refractivity contribution in [3.8, 4) is 0 Å². The fraction of sp³-hybridized carbons (Fsp3) is 1.00. The standard InChI is InChI=1S/C6H14N2/c1-5-2-3-6(7)8-4-5/h5-6,8H,2-4,7H2,1H3. The summed E-state index contributed by atoms with van der Waals surface area (Å²) in [5, 5.41) is 3.21. The second-order valence-corrected chi connectivity index (χ2v) is 2.70. The molecule has 48 valence electrons. The third-order valence-electron chi connectivity index (χ3n) is 1.70. The SMILES string of the molecule is CC1CCC(N)NC1. The van der Waals surface area contributed by atoms with Crippen molar-refractivity contribution in [3.63, 3.8) is 0 Å². The summed E-state index contributed by atoms with van der Waals surface area (Å²) < 4.78 is 0. The highest BCUT2D eigenvalue weighted by Gasteiger charge is 2.12. The average Bonchev–Trinajstić information content (AvgIpc) is 1.77. The molecule has 0 aromatic rings. The topological polar surface area (TPSA) is 38.0 Å². The Kier molecular flexibility index (Phi) is 1.86. The Morgan fingerprint density at radius 3 is 2.62 bits per heavy atom. The van der Waals surface area contributed by atoms with Gasteiger partial charge in [-0.25, -0.2) is 0 Å². The van der Waals surface area contributed by atoms with Crippen LogP contribution in [0, 0.1) is 5.92 Å². The first kappa shape index (κ1) is 6.05. The summed E-state index contributed by atoms with van der Waals surface area (Å²) in [6.45, 7) is 3.35. The van der Waals surface area contributed by atoms with Crippen LogP contribution in [0.1, 0.15) is 19.8 Å². The molecule has 1 heterocycles. The Bertz CT molecular complexity index is 54.9. The molecule has 2 atom stereocenters. The van der Waals surface area contributed by atoms with Crippen molar-refractivity contribution in [1.29, 1.82) is 0 Å². The summed E-state index contributed by atoms with van der Waals surface area (Å²) in [6.07, 6.45) is 2.70. The van der Waals surface area contributed by atoms with Gasteiger partial charge in [-0.15, -0.1) is 0 Å². The Morgan fingerprint density at radius 2 is 2.25 bits per heavy atom. The van der Waals surface area contributed by atoms with Crippen LogP contribution in [-0.2, 0) is 0 Å². The van der Waals surface area contributed by atoms with E-state index in [2.05, 4.69) is 12.2 Å². The molecule has 0 saturated carbocycles. The third-order valence-corrected chi connectivity index (χ3v) is 1.70. The van der Waals surface area contributed by atoms with Crippen LogP contribution in [0.2, 0.25) is 0 Å². The number of hydrogen-bond acceptors (Lipinski definition) is 2. The van der Waals surface area contributed by atoms with Crippen LogP contribution >= 0.6 is 0 Å². The van der Waals surface area contributed by atoms with Gasteiger partial charge in [0.15, 0.2) is 0 Å². The Labute approximate surface area is 50.4 Å². The van der Waals surface area contributed by atoms with Gasteiger partial charge in [-0.1, -0.05) is 6.92 Å². The van der Waals surface area contributed by atoms with Crippen molar-refractivity contribution in [3.05, 3.63) is 0 Å². The first-order chi connectivity index (χ1) is 3.79. The van der Waals surface area contributed by atoms with Crippen LogP contribution in [-0.4, -0.2) is 12.7 Å². The molecular weight excluding hydrogens is 100 g/mol. The molecule has 1 rings (SSSR count). The van der Waals surface area contributed by atoms with Gasteiger partial charge in [0, 0.05) is 0 Å². The second-order valence-electron chi connectivity index (χ2n) is 2.70. The molecular formula is C6H14N2. The molecule has 0 spiro atoms. The van der Waals surface area contributed by atoms with Crippen molar-refractivity contribution in [1.82, 2.24) is 5.32 Å². The zero-order valence-corrected chi connectivity index (χ0v) is 5.35. The van der Waals surface area contributed by atoms with Gasteiger partial charge in [0.1, 0.15) is 0 Å². The molecule has 2 nitrogen and oxygen atoms in total. The predicted octanol–water partition coefficient (Wildman–Crippen LogP) is 0.291. The summed E-state index contributed by atoms with van der Waals surface area (Å²) >= 11 is 0.